The van der Waals surface area contributed by atoms with Crippen LogP contribution in [-0.2, 0) is 5.41 Å². The van der Waals surface area contributed by atoms with E-state index in [1.54, 1.807) is 0 Å². The largest absolute Gasteiger partial charge is 0.325 e. The van der Waals surface area contributed by atoms with Gasteiger partial charge >= 0.3 is 0 Å². The van der Waals surface area contributed by atoms with Gasteiger partial charge in [0.25, 0.3) is 0 Å². The van der Waals surface area contributed by atoms with Gasteiger partial charge in [0.1, 0.15) is 0 Å². The third kappa shape index (κ3) is 1.74. The lowest BCUT2D eigenvalue weighted by Crippen LogP contribution is -2.45. The molecule has 0 spiro atoms. The third-order valence-electron chi connectivity index (χ3n) is 3.70. The molecule has 2 heteroatoms. The molecule has 1 saturated carbocycles. The van der Waals surface area contributed by atoms with E-state index in [1.807, 2.05) is 0 Å². The lowest BCUT2D eigenvalue weighted by Gasteiger charge is -2.32. The van der Waals surface area contributed by atoms with Gasteiger partial charge in [0, 0.05) is 15.4 Å². The van der Waals surface area contributed by atoms with Crippen LogP contribution < -0.4 is 5.73 Å². The highest BCUT2D eigenvalue weighted by Crippen LogP contribution is 2.55. The van der Waals surface area contributed by atoms with E-state index in [1.165, 1.54) is 24.0 Å². The molecule has 2 N–H and O–H groups in total. The number of hydrogen-bond acceptors (Lipinski definition) is 1. The van der Waals surface area contributed by atoms with Gasteiger partial charge in [-0.25, -0.2) is 0 Å². The minimum atomic E-state index is -0.126. The highest BCUT2D eigenvalue weighted by molar-refractivity contribution is 9.10. The molecule has 1 fully saturated rings. The van der Waals surface area contributed by atoms with Gasteiger partial charge in [-0.1, -0.05) is 22.0 Å². The molecular weight excluding hydrogens is 250 g/mol. The fourth-order valence-electron chi connectivity index (χ4n) is 2.50. The Kier molecular flexibility index (Phi) is 2.47. The van der Waals surface area contributed by atoms with Gasteiger partial charge in [-0.15, -0.1) is 0 Å². The molecule has 1 aromatic carbocycles. The summed E-state index contributed by atoms with van der Waals surface area (Å²) in [4.78, 5) is 0. The van der Waals surface area contributed by atoms with Crippen LogP contribution in [0.5, 0.6) is 0 Å². The number of nitrogens with two attached hydrogens (primary N) is 1. The van der Waals surface area contributed by atoms with Crippen molar-refractivity contribution in [2.45, 2.75) is 44.6 Å². The Labute approximate surface area is 100 Å². The third-order valence-corrected chi connectivity index (χ3v) is 4.19. The van der Waals surface area contributed by atoms with Gasteiger partial charge in [-0.3, -0.25) is 0 Å². The van der Waals surface area contributed by atoms with Crippen LogP contribution >= 0.6 is 15.9 Å². The zero-order valence-electron chi connectivity index (χ0n) is 9.60. The topological polar surface area (TPSA) is 26.0 Å². The second-order valence-electron chi connectivity index (χ2n) is 5.26. The molecule has 0 amide bonds. The number of halogens is 1. The number of hydrogen-bond donors (Lipinski definition) is 1. The smallest absolute Gasteiger partial charge is 0.0195 e. The average molecular weight is 268 g/mol. The SMILES string of the molecule is Cc1ccc(Br)cc1C1(C(C)(C)N)CC1. The summed E-state index contributed by atoms with van der Waals surface area (Å²) in [7, 11) is 0. The van der Waals surface area contributed by atoms with Gasteiger partial charge in [-0.05, 0) is 56.9 Å². The normalized spacial score (nSPS) is 19.0. The highest BCUT2D eigenvalue weighted by atomic mass is 79.9. The van der Waals surface area contributed by atoms with Gasteiger partial charge in [-0.2, -0.15) is 0 Å². The minimum Gasteiger partial charge on any atom is -0.325 e. The Morgan fingerprint density at radius 3 is 2.40 bits per heavy atom. The minimum absolute atomic E-state index is 0.126. The van der Waals surface area contributed by atoms with E-state index in [9.17, 15) is 0 Å². The summed E-state index contributed by atoms with van der Waals surface area (Å²) >= 11 is 3.54. The molecule has 0 radical (unpaired) electrons. The Balaban J connectivity index is 2.50. The van der Waals surface area contributed by atoms with Crippen LogP contribution in [0.2, 0.25) is 0 Å². The molecule has 1 aliphatic carbocycles. The van der Waals surface area contributed by atoms with Crippen LogP contribution in [0.1, 0.15) is 37.8 Å². The molecule has 2 rings (SSSR count). The van der Waals surface area contributed by atoms with E-state index in [4.69, 9.17) is 5.73 Å². The summed E-state index contributed by atoms with van der Waals surface area (Å²) in [6.07, 6.45) is 2.43. The summed E-state index contributed by atoms with van der Waals surface area (Å²) in [5.74, 6) is 0. The Hall–Kier alpha value is -0.340. The first kappa shape index (κ1) is 11.2. The maximum atomic E-state index is 6.31. The van der Waals surface area contributed by atoms with E-state index >= 15 is 0 Å². The maximum absolute atomic E-state index is 6.31. The first-order chi connectivity index (χ1) is 6.87. The monoisotopic (exact) mass is 267 g/mol. The molecule has 0 aromatic heterocycles. The van der Waals surface area contributed by atoms with Crippen LogP contribution in [-0.4, -0.2) is 5.54 Å². The first-order valence-electron chi connectivity index (χ1n) is 5.42. The summed E-state index contributed by atoms with van der Waals surface area (Å²) in [5, 5.41) is 0. The van der Waals surface area contributed by atoms with Crippen LogP contribution in [0.25, 0.3) is 0 Å². The van der Waals surface area contributed by atoms with Crippen molar-refractivity contribution in [2.75, 3.05) is 0 Å². The molecule has 1 aliphatic rings. The van der Waals surface area contributed by atoms with Crippen molar-refractivity contribution in [1.29, 1.82) is 0 Å². The Morgan fingerprint density at radius 2 is 1.93 bits per heavy atom. The molecular formula is C13H18BrN. The number of benzene rings is 1. The molecule has 0 atom stereocenters. The van der Waals surface area contributed by atoms with Crippen molar-refractivity contribution in [3.8, 4) is 0 Å². The van der Waals surface area contributed by atoms with Crippen molar-refractivity contribution in [3.05, 3.63) is 33.8 Å². The van der Waals surface area contributed by atoms with Crippen LogP contribution in [0.15, 0.2) is 22.7 Å². The summed E-state index contributed by atoms with van der Waals surface area (Å²) in [6.45, 7) is 6.45. The van der Waals surface area contributed by atoms with Crippen LogP contribution in [0.3, 0.4) is 0 Å². The second kappa shape index (κ2) is 3.33. The standard InChI is InChI=1S/C13H18BrN/c1-9-4-5-10(14)8-11(9)13(6-7-13)12(2,3)15/h4-5,8H,6-7,15H2,1-3H3. The molecule has 0 bridgehead atoms. The second-order valence-corrected chi connectivity index (χ2v) is 6.18. The quantitative estimate of drug-likeness (QED) is 0.872. The lowest BCUT2D eigenvalue weighted by molar-refractivity contribution is 0.390. The van der Waals surface area contributed by atoms with Crippen molar-refractivity contribution >= 4 is 15.9 Å². The molecule has 82 valence electrons. The fourth-order valence-corrected chi connectivity index (χ4v) is 2.86. The molecule has 0 aliphatic heterocycles. The average Bonchev–Trinajstić information content (AvgIpc) is 2.88. The zero-order valence-corrected chi connectivity index (χ0v) is 11.2. The number of aryl methyl sites for hydroxylation is 1. The van der Waals surface area contributed by atoms with E-state index in [2.05, 4.69) is 54.9 Å². The van der Waals surface area contributed by atoms with Crippen molar-refractivity contribution in [2.24, 2.45) is 5.73 Å². The molecule has 0 heterocycles. The molecule has 0 unspecified atom stereocenters. The van der Waals surface area contributed by atoms with Gasteiger partial charge < -0.3 is 5.73 Å². The van der Waals surface area contributed by atoms with Crippen LogP contribution in [0.4, 0.5) is 0 Å². The summed E-state index contributed by atoms with van der Waals surface area (Å²) < 4.78 is 1.15. The Bertz CT molecular complexity index is 386. The molecule has 15 heavy (non-hydrogen) atoms. The van der Waals surface area contributed by atoms with Gasteiger partial charge in [0.15, 0.2) is 0 Å². The Morgan fingerprint density at radius 1 is 1.33 bits per heavy atom. The van der Waals surface area contributed by atoms with Crippen LogP contribution in [0, 0.1) is 6.92 Å². The van der Waals surface area contributed by atoms with E-state index in [0.717, 1.165) is 4.47 Å². The fraction of sp³-hybridized carbons (Fsp3) is 0.538. The van der Waals surface area contributed by atoms with Gasteiger partial charge in [0.05, 0.1) is 0 Å². The molecule has 1 aromatic rings. The van der Waals surface area contributed by atoms with E-state index < -0.39 is 0 Å². The highest BCUT2D eigenvalue weighted by Gasteiger charge is 2.54. The van der Waals surface area contributed by atoms with Crippen molar-refractivity contribution in [3.63, 3.8) is 0 Å². The lowest BCUT2D eigenvalue weighted by atomic mass is 9.77. The predicted molar refractivity (Wildman–Crippen MR) is 68.1 cm³/mol. The number of rotatable bonds is 2. The maximum Gasteiger partial charge on any atom is 0.0195 e. The van der Waals surface area contributed by atoms with Gasteiger partial charge in [0.2, 0.25) is 0 Å². The van der Waals surface area contributed by atoms with Crippen molar-refractivity contribution < 1.29 is 0 Å². The van der Waals surface area contributed by atoms with Crippen molar-refractivity contribution in [1.82, 2.24) is 0 Å². The molecule has 1 nitrogen and oxygen atoms in total. The summed E-state index contributed by atoms with van der Waals surface area (Å²) in [5.41, 5.74) is 9.17. The van der Waals surface area contributed by atoms with E-state index in [0.29, 0.717) is 0 Å². The zero-order chi connectivity index (χ0) is 11.3. The van der Waals surface area contributed by atoms with E-state index in [-0.39, 0.29) is 11.0 Å². The molecule has 0 saturated heterocycles. The predicted octanol–water partition coefficient (Wildman–Crippen LogP) is 3.53. The summed E-state index contributed by atoms with van der Waals surface area (Å²) in [6, 6.07) is 6.50. The first-order valence-corrected chi connectivity index (χ1v) is 6.22.